The van der Waals surface area contributed by atoms with Gasteiger partial charge in [-0.3, -0.25) is 9.69 Å². The van der Waals surface area contributed by atoms with Gasteiger partial charge in [0.2, 0.25) is 0 Å². The van der Waals surface area contributed by atoms with Crippen LogP contribution in [0.1, 0.15) is 33.1 Å². The Labute approximate surface area is 89.9 Å². The number of rotatable bonds is 2. The van der Waals surface area contributed by atoms with Crippen LogP contribution in [-0.4, -0.2) is 45.3 Å². The van der Waals surface area contributed by atoms with Crippen LogP contribution in [0, 0.1) is 5.92 Å². The van der Waals surface area contributed by atoms with Crippen molar-refractivity contribution in [3.05, 3.63) is 0 Å². The molecule has 0 radical (unpaired) electrons. The van der Waals surface area contributed by atoms with Crippen molar-refractivity contribution in [1.29, 1.82) is 0 Å². The van der Waals surface area contributed by atoms with E-state index < -0.39 is 5.97 Å². The fourth-order valence-electron chi connectivity index (χ4n) is 2.83. The Morgan fingerprint density at radius 1 is 1.33 bits per heavy atom. The van der Waals surface area contributed by atoms with Gasteiger partial charge in [-0.2, -0.15) is 0 Å². The zero-order chi connectivity index (χ0) is 11.2. The highest BCUT2D eigenvalue weighted by Gasteiger charge is 2.50. The van der Waals surface area contributed by atoms with E-state index in [2.05, 4.69) is 4.90 Å². The summed E-state index contributed by atoms with van der Waals surface area (Å²) in [5, 5.41) is 18.8. The molecule has 2 aliphatic rings. The van der Waals surface area contributed by atoms with Crippen molar-refractivity contribution < 1.29 is 15.0 Å². The maximum absolute atomic E-state index is 11.0. The number of nitrogens with zero attached hydrogens (tertiary/aromatic N) is 1. The molecule has 86 valence electrons. The Balaban J connectivity index is 2.09. The molecule has 2 fully saturated rings. The van der Waals surface area contributed by atoms with E-state index >= 15 is 0 Å². The first kappa shape index (κ1) is 10.9. The molecule has 0 aromatic rings. The predicted molar refractivity (Wildman–Crippen MR) is 55.6 cm³/mol. The quantitative estimate of drug-likeness (QED) is 0.708. The number of aliphatic hydroxyl groups excluding tert-OH is 1. The number of aliphatic hydroxyl groups is 1. The largest absolute Gasteiger partial charge is 0.481 e. The molecule has 3 atom stereocenters. The minimum atomic E-state index is -0.691. The Bertz CT molecular complexity index is 277. The molecule has 2 rings (SSSR count). The molecular weight excluding hydrogens is 194 g/mol. The molecule has 3 unspecified atom stereocenters. The Kier molecular flexibility index (Phi) is 2.51. The van der Waals surface area contributed by atoms with E-state index in [1.165, 1.54) is 0 Å². The van der Waals surface area contributed by atoms with E-state index in [1.807, 2.05) is 13.8 Å². The van der Waals surface area contributed by atoms with E-state index in [9.17, 15) is 9.90 Å². The molecule has 1 saturated heterocycles. The number of hydrogen-bond acceptors (Lipinski definition) is 3. The summed E-state index contributed by atoms with van der Waals surface area (Å²) in [5.41, 5.74) is -0.265. The van der Waals surface area contributed by atoms with E-state index in [0.29, 0.717) is 0 Å². The lowest BCUT2D eigenvalue weighted by Gasteiger charge is -2.47. The average molecular weight is 213 g/mol. The molecule has 15 heavy (non-hydrogen) atoms. The molecule has 1 aliphatic carbocycles. The summed E-state index contributed by atoms with van der Waals surface area (Å²) in [5.74, 6) is -0.919. The fourth-order valence-corrected chi connectivity index (χ4v) is 2.83. The number of carboxylic acids is 1. The number of hydrogen-bond donors (Lipinski definition) is 2. The van der Waals surface area contributed by atoms with Gasteiger partial charge in [0.05, 0.1) is 12.0 Å². The molecule has 4 nitrogen and oxygen atoms in total. The van der Waals surface area contributed by atoms with E-state index in [-0.39, 0.29) is 23.6 Å². The molecule has 2 N–H and O–H groups in total. The van der Waals surface area contributed by atoms with Gasteiger partial charge in [-0.15, -0.1) is 0 Å². The highest BCUT2D eigenvalue weighted by molar-refractivity contribution is 5.72. The standard InChI is InChI=1S/C11H19NO3/c1-11(2)9(13)5-6-12(11)8-4-3-7(8)10(14)15/h7-9,13H,3-6H2,1-2H3,(H,14,15). The van der Waals surface area contributed by atoms with Gasteiger partial charge >= 0.3 is 5.97 Å². The molecule has 1 aliphatic heterocycles. The summed E-state index contributed by atoms with van der Waals surface area (Å²) in [6.45, 7) is 4.83. The summed E-state index contributed by atoms with van der Waals surface area (Å²) in [6, 6.07) is 0.134. The summed E-state index contributed by atoms with van der Waals surface area (Å²) in [4.78, 5) is 13.1. The second kappa shape index (κ2) is 3.46. The smallest absolute Gasteiger partial charge is 0.308 e. The van der Waals surface area contributed by atoms with Crippen molar-refractivity contribution in [3.63, 3.8) is 0 Å². The number of aliphatic carboxylic acids is 1. The molecule has 1 heterocycles. The lowest BCUT2D eigenvalue weighted by molar-refractivity contribution is -0.150. The highest BCUT2D eigenvalue weighted by Crippen LogP contribution is 2.40. The minimum Gasteiger partial charge on any atom is -0.481 e. The van der Waals surface area contributed by atoms with Gasteiger partial charge < -0.3 is 10.2 Å². The van der Waals surface area contributed by atoms with E-state index in [1.54, 1.807) is 0 Å². The van der Waals surface area contributed by atoms with Crippen LogP contribution in [0.4, 0.5) is 0 Å². The fraction of sp³-hybridized carbons (Fsp3) is 0.909. The second-order valence-electron chi connectivity index (χ2n) is 5.24. The third kappa shape index (κ3) is 1.56. The zero-order valence-corrected chi connectivity index (χ0v) is 9.31. The molecule has 0 amide bonds. The second-order valence-corrected chi connectivity index (χ2v) is 5.24. The Morgan fingerprint density at radius 3 is 2.33 bits per heavy atom. The van der Waals surface area contributed by atoms with Crippen LogP contribution in [0.3, 0.4) is 0 Å². The van der Waals surface area contributed by atoms with Gasteiger partial charge in [-0.1, -0.05) is 0 Å². The monoisotopic (exact) mass is 213 g/mol. The van der Waals surface area contributed by atoms with Gasteiger partial charge in [-0.05, 0) is 33.1 Å². The van der Waals surface area contributed by atoms with Gasteiger partial charge in [0, 0.05) is 18.1 Å². The van der Waals surface area contributed by atoms with Gasteiger partial charge in [0.25, 0.3) is 0 Å². The first-order valence-electron chi connectivity index (χ1n) is 5.62. The van der Waals surface area contributed by atoms with Crippen LogP contribution in [-0.2, 0) is 4.79 Å². The minimum absolute atomic E-state index is 0.134. The molecule has 0 bridgehead atoms. The number of likely N-dealkylation sites (tertiary alicyclic amines) is 1. The van der Waals surface area contributed by atoms with Crippen LogP contribution >= 0.6 is 0 Å². The maximum atomic E-state index is 11.0. The summed E-state index contributed by atoms with van der Waals surface area (Å²) in [7, 11) is 0. The van der Waals surface area contributed by atoms with Crippen LogP contribution in [0.15, 0.2) is 0 Å². The molecule has 0 spiro atoms. The predicted octanol–water partition coefficient (Wildman–Crippen LogP) is 0.695. The van der Waals surface area contributed by atoms with Gasteiger partial charge in [-0.25, -0.2) is 0 Å². The van der Waals surface area contributed by atoms with E-state index in [4.69, 9.17) is 5.11 Å². The topological polar surface area (TPSA) is 60.8 Å². The number of carboxylic acid groups (broad SMARTS) is 1. The normalized spacial score (nSPS) is 40.1. The summed E-state index contributed by atoms with van der Waals surface area (Å²) < 4.78 is 0. The van der Waals surface area contributed by atoms with Crippen LogP contribution < -0.4 is 0 Å². The zero-order valence-electron chi connectivity index (χ0n) is 9.31. The Hall–Kier alpha value is -0.610. The first-order valence-corrected chi connectivity index (χ1v) is 5.62. The molecule has 0 aromatic carbocycles. The highest BCUT2D eigenvalue weighted by atomic mass is 16.4. The Morgan fingerprint density at radius 2 is 2.00 bits per heavy atom. The maximum Gasteiger partial charge on any atom is 0.308 e. The third-order valence-corrected chi connectivity index (χ3v) is 4.15. The lowest BCUT2D eigenvalue weighted by Crippen LogP contribution is -2.57. The van der Waals surface area contributed by atoms with Crippen LogP contribution in [0.25, 0.3) is 0 Å². The lowest BCUT2D eigenvalue weighted by atomic mass is 9.77. The molecule has 0 aromatic heterocycles. The van der Waals surface area contributed by atoms with Crippen molar-refractivity contribution >= 4 is 5.97 Å². The summed E-state index contributed by atoms with van der Waals surface area (Å²) >= 11 is 0. The van der Waals surface area contributed by atoms with Crippen molar-refractivity contribution in [2.75, 3.05) is 6.54 Å². The van der Waals surface area contributed by atoms with Crippen molar-refractivity contribution in [2.24, 2.45) is 5.92 Å². The van der Waals surface area contributed by atoms with Gasteiger partial charge in [0.1, 0.15) is 0 Å². The van der Waals surface area contributed by atoms with Crippen LogP contribution in [0.2, 0.25) is 0 Å². The third-order valence-electron chi connectivity index (χ3n) is 4.15. The average Bonchev–Trinajstić information content (AvgIpc) is 2.29. The SMILES string of the molecule is CC1(C)C(O)CCN1C1CCC1C(=O)O. The molecule has 4 heteroatoms. The first-order chi connectivity index (χ1) is 6.94. The molecular formula is C11H19NO3. The van der Waals surface area contributed by atoms with Crippen LogP contribution in [0.5, 0.6) is 0 Å². The van der Waals surface area contributed by atoms with Gasteiger partial charge in [0.15, 0.2) is 0 Å². The van der Waals surface area contributed by atoms with Crippen molar-refractivity contribution in [3.8, 4) is 0 Å². The summed E-state index contributed by atoms with van der Waals surface area (Å²) in [6.07, 6.45) is 2.17. The van der Waals surface area contributed by atoms with Crippen molar-refractivity contribution in [2.45, 2.75) is 50.8 Å². The molecule has 1 saturated carbocycles. The van der Waals surface area contributed by atoms with Crippen molar-refractivity contribution in [1.82, 2.24) is 4.90 Å². The number of carbonyl (C=O) groups is 1. The van der Waals surface area contributed by atoms with E-state index in [0.717, 1.165) is 25.8 Å².